The zero-order chi connectivity index (χ0) is 23.0. The summed E-state index contributed by atoms with van der Waals surface area (Å²) < 4.78 is 1.03. The van der Waals surface area contributed by atoms with Crippen LogP contribution in [0.2, 0.25) is 5.02 Å². The number of thioether (sulfide) groups is 1. The Bertz CT molecular complexity index is 884. The van der Waals surface area contributed by atoms with Gasteiger partial charge in [0, 0.05) is 27.3 Å². The van der Waals surface area contributed by atoms with Crippen molar-refractivity contribution in [2.45, 2.75) is 58.0 Å². The number of nitrogens with zero attached hydrogens (tertiary/aromatic N) is 1. The van der Waals surface area contributed by atoms with E-state index >= 15 is 0 Å². The van der Waals surface area contributed by atoms with Gasteiger partial charge in [-0.3, -0.25) is 9.59 Å². The van der Waals surface area contributed by atoms with Crippen LogP contribution in [0.1, 0.15) is 45.2 Å². The number of halogens is 2. The molecular formula is C24H30BrClN2O2S. The fourth-order valence-corrected chi connectivity index (χ4v) is 4.43. The molecule has 7 heteroatoms. The van der Waals surface area contributed by atoms with Gasteiger partial charge in [-0.25, -0.2) is 0 Å². The number of carbonyl (C=O) groups is 2. The van der Waals surface area contributed by atoms with Crippen LogP contribution in [-0.2, 0) is 21.9 Å². The van der Waals surface area contributed by atoms with Crippen LogP contribution in [-0.4, -0.2) is 34.0 Å². The lowest BCUT2D eigenvalue weighted by atomic mass is 10.1. The molecule has 2 rings (SSSR count). The second-order valence-corrected chi connectivity index (χ2v) is 10.7. The molecule has 0 heterocycles. The Labute approximate surface area is 203 Å². The summed E-state index contributed by atoms with van der Waals surface area (Å²) >= 11 is 11.3. The first kappa shape index (κ1) is 25.8. The molecule has 0 radical (unpaired) electrons. The zero-order valence-corrected chi connectivity index (χ0v) is 21.6. The van der Waals surface area contributed by atoms with Gasteiger partial charge >= 0.3 is 0 Å². The quantitative estimate of drug-likeness (QED) is 0.433. The molecular weight excluding hydrogens is 496 g/mol. The molecule has 2 amide bonds. The highest BCUT2D eigenvalue weighted by Gasteiger charge is 2.30. The first-order valence-corrected chi connectivity index (χ1v) is 12.6. The molecule has 4 nitrogen and oxygen atoms in total. The Kier molecular flexibility index (Phi) is 9.91. The van der Waals surface area contributed by atoms with Gasteiger partial charge in [-0.2, -0.15) is 0 Å². The smallest absolute Gasteiger partial charge is 0.243 e. The minimum absolute atomic E-state index is 0.0714. The van der Waals surface area contributed by atoms with Crippen LogP contribution in [0.25, 0.3) is 0 Å². The number of carbonyl (C=O) groups excluding carboxylic acids is 2. The van der Waals surface area contributed by atoms with E-state index in [-0.39, 0.29) is 17.4 Å². The molecule has 0 fully saturated rings. The predicted octanol–water partition coefficient (Wildman–Crippen LogP) is 6.06. The second-order valence-electron chi connectivity index (χ2n) is 8.40. The maximum Gasteiger partial charge on any atom is 0.243 e. The number of rotatable bonds is 9. The molecule has 0 saturated heterocycles. The molecule has 0 aromatic heterocycles. The Morgan fingerprint density at radius 2 is 1.77 bits per heavy atom. The highest BCUT2D eigenvalue weighted by molar-refractivity contribution is 9.10. The van der Waals surface area contributed by atoms with Gasteiger partial charge in [0.1, 0.15) is 6.04 Å². The SMILES string of the molecule is CC[C@@H](C(=O)NC(C)(C)C)N(Cc1ccccc1Cl)C(=O)CSCc1ccc(Br)cc1. The third kappa shape index (κ3) is 8.51. The Balaban J connectivity index is 2.16. The van der Waals surface area contributed by atoms with E-state index in [4.69, 9.17) is 11.6 Å². The number of amides is 2. The molecule has 0 saturated carbocycles. The summed E-state index contributed by atoms with van der Waals surface area (Å²) in [5, 5.41) is 3.61. The summed E-state index contributed by atoms with van der Waals surface area (Å²) in [5.74, 6) is 0.801. The van der Waals surface area contributed by atoms with Crippen LogP contribution in [0.4, 0.5) is 0 Å². The van der Waals surface area contributed by atoms with Gasteiger partial charge in [0.2, 0.25) is 11.8 Å². The molecule has 2 aromatic carbocycles. The summed E-state index contributed by atoms with van der Waals surface area (Å²) in [6.07, 6.45) is 0.523. The van der Waals surface area contributed by atoms with E-state index in [1.807, 2.05) is 70.2 Å². The van der Waals surface area contributed by atoms with Crippen molar-refractivity contribution in [2.24, 2.45) is 0 Å². The monoisotopic (exact) mass is 524 g/mol. The van der Waals surface area contributed by atoms with Gasteiger partial charge in [0.25, 0.3) is 0 Å². The Hall–Kier alpha value is -1.50. The van der Waals surface area contributed by atoms with Gasteiger partial charge in [-0.05, 0) is 56.5 Å². The van der Waals surface area contributed by atoms with Gasteiger partial charge in [-0.1, -0.05) is 64.8 Å². The predicted molar refractivity (Wildman–Crippen MR) is 134 cm³/mol. The van der Waals surface area contributed by atoms with Crippen LogP contribution in [0, 0.1) is 0 Å². The van der Waals surface area contributed by atoms with Crippen molar-refractivity contribution < 1.29 is 9.59 Å². The fraction of sp³-hybridized carbons (Fsp3) is 0.417. The summed E-state index contributed by atoms with van der Waals surface area (Å²) in [6.45, 7) is 8.03. The summed E-state index contributed by atoms with van der Waals surface area (Å²) in [4.78, 5) is 27.9. The molecule has 168 valence electrons. The van der Waals surface area contributed by atoms with Crippen molar-refractivity contribution in [3.8, 4) is 0 Å². The van der Waals surface area contributed by atoms with Crippen LogP contribution in [0.15, 0.2) is 53.0 Å². The van der Waals surface area contributed by atoms with Crippen molar-refractivity contribution in [3.05, 3.63) is 69.2 Å². The molecule has 0 unspecified atom stereocenters. The lowest BCUT2D eigenvalue weighted by Gasteiger charge is -2.33. The van der Waals surface area contributed by atoms with Gasteiger partial charge in [0.15, 0.2) is 0 Å². The van der Waals surface area contributed by atoms with E-state index in [9.17, 15) is 9.59 Å². The van der Waals surface area contributed by atoms with E-state index in [0.29, 0.717) is 23.7 Å². The highest BCUT2D eigenvalue weighted by atomic mass is 79.9. The van der Waals surface area contributed by atoms with E-state index in [1.165, 1.54) is 0 Å². The van der Waals surface area contributed by atoms with Crippen LogP contribution < -0.4 is 5.32 Å². The van der Waals surface area contributed by atoms with E-state index < -0.39 is 6.04 Å². The topological polar surface area (TPSA) is 49.4 Å². The average molecular weight is 526 g/mol. The fourth-order valence-electron chi connectivity index (χ4n) is 3.10. The molecule has 2 aromatic rings. The van der Waals surface area contributed by atoms with E-state index in [0.717, 1.165) is 21.4 Å². The van der Waals surface area contributed by atoms with E-state index in [1.54, 1.807) is 22.7 Å². The normalized spacial score (nSPS) is 12.3. The maximum absolute atomic E-state index is 13.2. The third-order valence-electron chi connectivity index (χ3n) is 4.59. The Morgan fingerprint density at radius 1 is 1.13 bits per heavy atom. The van der Waals surface area contributed by atoms with Crippen LogP contribution in [0.3, 0.4) is 0 Å². The minimum atomic E-state index is -0.559. The summed E-state index contributed by atoms with van der Waals surface area (Å²) in [5.41, 5.74) is 1.61. The largest absolute Gasteiger partial charge is 0.350 e. The number of nitrogens with one attached hydrogen (secondary N) is 1. The zero-order valence-electron chi connectivity index (χ0n) is 18.5. The van der Waals surface area contributed by atoms with Crippen LogP contribution >= 0.6 is 39.3 Å². The third-order valence-corrected chi connectivity index (χ3v) is 6.48. The van der Waals surface area contributed by atoms with Crippen LogP contribution in [0.5, 0.6) is 0 Å². The lowest BCUT2D eigenvalue weighted by molar-refractivity contribution is -0.140. The maximum atomic E-state index is 13.2. The Morgan fingerprint density at radius 3 is 2.35 bits per heavy atom. The first-order chi connectivity index (χ1) is 14.6. The minimum Gasteiger partial charge on any atom is -0.350 e. The van der Waals surface area contributed by atoms with Crippen molar-refractivity contribution in [1.82, 2.24) is 10.2 Å². The summed E-state index contributed by atoms with van der Waals surface area (Å²) in [7, 11) is 0. The number of benzene rings is 2. The van der Waals surface area contributed by atoms with Crippen molar-refractivity contribution in [1.29, 1.82) is 0 Å². The van der Waals surface area contributed by atoms with Crippen molar-refractivity contribution in [3.63, 3.8) is 0 Å². The van der Waals surface area contributed by atoms with Gasteiger partial charge < -0.3 is 10.2 Å². The molecule has 0 aliphatic rings. The molecule has 0 bridgehead atoms. The van der Waals surface area contributed by atoms with Gasteiger partial charge in [0.05, 0.1) is 5.75 Å². The van der Waals surface area contributed by atoms with Gasteiger partial charge in [-0.15, -0.1) is 11.8 Å². The molecule has 0 aliphatic carbocycles. The second kappa shape index (κ2) is 11.9. The highest BCUT2D eigenvalue weighted by Crippen LogP contribution is 2.22. The number of hydrogen-bond donors (Lipinski definition) is 1. The molecule has 1 atom stereocenters. The van der Waals surface area contributed by atoms with Crippen molar-refractivity contribution >= 4 is 51.1 Å². The van der Waals surface area contributed by atoms with Crippen molar-refractivity contribution in [2.75, 3.05) is 5.75 Å². The average Bonchev–Trinajstić information content (AvgIpc) is 2.69. The van der Waals surface area contributed by atoms with E-state index in [2.05, 4.69) is 21.2 Å². The number of hydrogen-bond acceptors (Lipinski definition) is 3. The standard InChI is InChI=1S/C24H30BrClN2O2S/c1-5-21(23(30)27-24(2,3)4)28(14-18-8-6-7-9-20(18)26)22(29)16-31-15-17-10-12-19(25)13-11-17/h6-13,21H,5,14-16H2,1-4H3,(H,27,30)/t21-/m0/s1. The lowest BCUT2D eigenvalue weighted by Crippen LogP contribution is -2.53. The molecule has 0 aliphatic heterocycles. The summed E-state index contributed by atoms with van der Waals surface area (Å²) in [6, 6.07) is 14.9. The molecule has 0 spiro atoms. The molecule has 31 heavy (non-hydrogen) atoms. The first-order valence-electron chi connectivity index (χ1n) is 10.3. The molecule has 1 N–H and O–H groups in total.